The van der Waals surface area contributed by atoms with Crippen molar-refractivity contribution in [1.82, 2.24) is 0 Å². The number of nitrogens with zero attached hydrogens (tertiary/aromatic N) is 1. The van der Waals surface area contributed by atoms with Crippen LogP contribution in [-0.2, 0) is 9.59 Å². The summed E-state index contributed by atoms with van der Waals surface area (Å²) in [7, 11) is 3.04. The summed E-state index contributed by atoms with van der Waals surface area (Å²) in [6.07, 6.45) is -0.119. The molecule has 1 aliphatic rings. The molecule has 1 aromatic rings. The molecule has 21 heavy (non-hydrogen) atoms. The van der Waals surface area contributed by atoms with E-state index in [-0.39, 0.29) is 18.9 Å². The minimum absolute atomic E-state index is 0.114. The fraction of sp³-hybridized carbons (Fsp3) is 0.429. The van der Waals surface area contributed by atoms with Gasteiger partial charge in [-0.25, -0.2) is 0 Å². The molecule has 0 saturated carbocycles. The summed E-state index contributed by atoms with van der Waals surface area (Å²) in [5.41, 5.74) is 1.31. The van der Waals surface area contributed by atoms with Crippen molar-refractivity contribution in [2.45, 2.75) is 19.4 Å². The van der Waals surface area contributed by atoms with Gasteiger partial charge in [0.05, 0.1) is 32.0 Å². The maximum Gasteiger partial charge on any atom is 0.305 e. The molecule has 1 unspecified atom stereocenters. The summed E-state index contributed by atoms with van der Waals surface area (Å²) in [6.45, 7) is 1.85. The third-order valence-corrected chi connectivity index (χ3v) is 3.35. The summed E-state index contributed by atoms with van der Waals surface area (Å²) in [5.74, 6) is -0.0869. The highest BCUT2D eigenvalue weighted by Crippen LogP contribution is 2.40. The molecular formula is C14H18N2O5. The molecule has 2 rings (SSSR count). The topological polar surface area (TPSA) is 88.1 Å². The maximum absolute atomic E-state index is 12.3. The molecular weight excluding hydrogens is 276 g/mol. The van der Waals surface area contributed by atoms with Crippen LogP contribution < -0.4 is 19.7 Å². The minimum Gasteiger partial charge on any atom is -0.493 e. The van der Waals surface area contributed by atoms with Crippen molar-refractivity contribution in [1.29, 1.82) is 0 Å². The Labute approximate surface area is 122 Å². The molecule has 0 spiro atoms. The number of carbonyl (C=O) groups is 2. The van der Waals surface area contributed by atoms with E-state index < -0.39 is 12.0 Å². The van der Waals surface area contributed by atoms with Gasteiger partial charge in [0.25, 0.3) is 0 Å². The van der Waals surface area contributed by atoms with Gasteiger partial charge in [0.2, 0.25) is 5.91 Å². The zero-order valence-electron chi connectivity index (χ0n) is 12.2. The maximum atomic E-state index is 12.3. The Kier molecular flexibility index (Phi) is 4.21. The predicted molar refractivity (Wildman–Crippen MR) is 77.2 cm³/mol. The van der Waals surface area contributed by atoms with Gasteiger partial charge in [0, 0.05) is 18.7 Å². The van der Waals surface area contributed by atoms with Gasteiger partial charge >= 0.3 is 5.97 Å². The molecule has 7 heteroatoms. The lowest BCUT2D eigenvalue weighted by molar-refractivity contribution is -0.136. The monoisotopic (exact) mass is 294 g/mol. The van der Waals surface area contributed by atoms with Crippen molar-refractivity contribution in [3.63, 3.8) is 0 Å². The second-order valence-corrected chi connectivity index (χ2v) is 4.72. The van der Waals surface area contributed by atoms with Gasteiger partial charge in [0.15, 0.2) is 11.5 Å². The van der Waals surface area contributed by atoms with E-state index in [0.717, 1.165) is 0 Å². The second-order valence-electron chi connectivity index (χ2n) is 4.72. The first kappa shape index (κ1) is 15.0. The number of carboxylic acids is 1. The van der Waals surface area contributed by atoms with Crippen LogP contribution in [-0.4, -0.2) is 43.8 Å². The fourth-order valence-corrected chi connectivity index (χ4v) is 2.29. The van der Waals surface area contributed by atoms with Gasteiger partial charge in [-0.2, -0.15) is 0 Å². The average Bonchev–Trinajstić information content (AvgIpc) is 2.46. The van der Waals surface area contributed by atoms with Crippen molar-refractivity contribution in [2.75, 3.05) is 31.0 Å². The Morgan fingerprint density at radius 3 is 2.52 bits per heavy atom. The molecule has 1 atom stereocenters. The van der Waals surface area contributed by atoms with Gasteiger partial charge < -0.3 is 24.8 Å². The molecule has 114 valence electrons. The number of fused-ring (bicyclic) bond motifs is 1. The molecule has 0 radical (unpaired) electrons. The molecule has 0 saturated heterocycles. The number of amides is 1. The smallest absolute Gasteiger partial charge is 0.305 e. The minimum atomic E-state index is -0.948. The van der Waals surface area contributed by atoms with Crippen LogP contribution in [0.25, 0.3) is 0 Å². The molecule has 1 heterocycles. The fourth-order valence-electron chi connectivity index (χ4n) is 2.29. The Morgan fingerprint density at radius 1 is 1.33 bits per heavy atom. The van der Waals surface area contributed by atoms with Crippen LogP contribution in [0.5, 0.6) is 11.5 Å². The van der Waals surface area contributed by atoms with Crippen molar-refractivity contribution >= 4 is 23.3 Å². The lowest BCUT2D eigenvalue weighted by atomic mass is 10.1. The lowest BCUT2D eigenvalue weighted by Crippen LogP contribution is -2.46. The van der Waals surface area contributed by atoms with Crippen molar-refractivity contribution < 1.29 is 24.2 Å². The highest BCUT2D eigenvalue weighted by atomic mass is 16.5. The van der Waals surface area contributed by atoms with Crippen LogP contribution in [0, 0.1) is 0 Å². The summed E-state index contributed by atoms with van der Waals surface area (Å²) in [4.78, 5) is 24.5. The quantitative estimate of drug-likeness (QED) is 0.851. The van der Waals surface area contributed by atoms with E-state index in [1.165, 1.54) is 19.1 Å². The number of rotatable bonds is 5. The van der Waals surface area contributed by atoms with Crippen molar-refractivity contribution in [2.24, 2.45) is 0 Å². The Morgan fingerprint density at radius 2 is 1.95 bits per heavy atom. The van der Waals surface area contributed by atoms with E-state index in [9.17, 15) is 9.59 Å². The normalized spacial score (nSPS) is 17.0. The van der Waals surface area contributed by atoms with E-state index in [4.69, 9.17) is 14.6 Å². The summed E-state index contributed by atoms with van der Waals surface area (Å²) in [6, 6.07) is 2.99. The highest BCUT2D eigenvalue weighted by Gasteiger charge is 2.31. The summed E-state index contributed by atoms with van der Waals surface area (Å²) >= 11 is 0. The Balaban J connectivity index is 2.44. The molecule has 0 aromatic heterocycles. The SMILES string of the molecule is COc1cc2c(cc1OC)N(CCC(=O)O)C(=O)C(C)N2. The zero-order valence-corrected chi connectivity index (χ0v) is 12.2. The average molecular weight is 294 g/mol. The molecule has 1 amide bonds. The molecule has 2 N–H and O–H groups in total. The number of carbonyl (C=O) groups excluding carboxylic acids is 1. The van der Waals surface area contributed by atoms with Crippen LogP contribution in [0.4, 0.5) is 11.4 Å². The standard InChI is InChI=1S/C14H18N2O5/c1-8-14(19)16(5-4-13(17)18)10-7-12(21-3)11(20-2)6-9(10)15-8/h6-8,15H,4-5H2,1-3H3,(H,17,18). The van der Waals surface area contributed by atoms with E-state index in [2.05, 4.69) is 5.32 Å². The summed E-state index contributed by atoms with van der Waals surface area (Å²) in [5, 5.41) is 11.9. The van der Waals surface area contributed by atoms with Crippen molar-refractivity contribution in [3.8, 4) is 11.5 Å². The van der Waals surface area contributed by atoms with Gasteiger partial charge in [-0.05, 0) is 6.92 Å². The highest BCUT2D eigenvalue weighted by molar-refractivity contribution is 6.05. The third-order valence-electron chi connectivity index (χ3n) is 3.35. The number of benzene rings is 1. The van der Waals surface area contributed by atoms with Crippen LogP contribution in [0.3, 0.4) is 0 Å². The van der Waals surface area contributed by atoms with Crippen LogP contribution >= 0.6 is 0 Å². The Hall–Kier alpha value is -2.44. The van der Waals surface area contributed by atoms with Gasteiger partial charge in [0.1, 0.15) is 6.04 Å². The first-order valence-corrected chi connectivity index (χ1v) is 6.53. The number of hydrogen-bond donors (Lipinski definition) is 2. The summed E-state index contributed by atoms with van der Waals surface area (Å²) < 4.78 is 10.5. The van der Waals surface area contributed by atoms with E-state index >= 15 is 0 Å². The van der Waals surface area contributed by atoms with E-state index in [0.29, 0.717) is 22.9 Å². The number of anilines is 2. The molecule has 1 aliphatic heterocycles. The van der Waals surface area contributed by atoms with Gasteiger partial charge in [-0.3, -0.25) is 9.59 Å². The number of hydrogen-bond acceptors (Lipinski definition) is 5. The number of nitrogens with one attached hydrogen (secondary N) is 1. The first-order chi connectivity index (χ1) is 9.97. The first-order valence-electron chi connectivity index (χ1n) is 6.53. The molecule has 1 aromatic carbocycles. The number of ether oxygens (including phenoxy) is 2. The van der Waals surface area contributed by atoms with E-state index in [1.807, 2.05) is 0 Å². The molecule has 0 fully saturated rings. The van der Waals surface area contributed by atoms with Crippen molar-refractivity contribution in [3.05, 3.63) is 12.1 Å². The zero-order chi connectivity index (χ0) is 15.6. The predicted octanol–water partition coefficient (Wildman–Crippen LogP) is 1.33. The Bertz CT molecular complexity index is 573. The lowest BCUT2D eigenvalue weighted by Gasteiger charge is -2.34. The number of methoxy groups -OCH3 is 2. The third kappa shape index (κ3) is 2.86. The molecule has 0 aliphatic carbocycles. The molecule has 0 bridgehead atoms. The van der Waals surface area contributed by atoms with Crippen LogP contribution in [0.1, 0.15) is 13.3 Å². The van der Waals surface area contributed by atoms with Crippen LogP contribution in [0.15, 0.2) is 12.1 Å². The van der Waals surface area contributed by atoms with Gasteiger partial charge in [-0.15, -0.1) is 0 Å². The molecule has 7 nitrogen and oxygen atoms in total. The van der Waals surface area contributed by atoms with E-state index in [1.54, 1.807) is 19.1 Å². The number of carboxylic acid groups (broad SMARTS) is 1. The van der Waals surface area contributed by atoms with Crippen LogP contribution in [0.2, 0.25) is 0 Å². The largest absolute Gasteiger partial charge is 0.493 e. The van der Waals surface area contributed by atoms with Gasteiger partial charge in [-0.1, -0.05) is 0 Å². The second kappa shape index (κ2) is 5.90. The number of aliphatic carboxylic acids is 1.